The molecule has 0 N–H and O–H groups in total. The molecule has 6 heteroatoms. The highest BCUT2D eigenvalue weighted by Gasteiger charge is 2.14. The first-order valence-corrected chi connectivity index (χ1v) is 6.00. The average Bonchev–Trinajstić information content (AvgIpc) is 2.31. The van der Waals surface area contributed by atoms with Gasteiger partial charge in [-0.05, 0) is 54.2 Å². The molecule has 0 saturated carbocycles. The summed E-state index contributed by atoms with van der Waals surface area (Å²) < 4.78 is 5.40. The number of halogens is 2. The molecule has 1 heterocycles. The number of benzene rings is 1. The summed E-state index contributed by atoms with van der Waals surface area (Å²) in [6, 6.07) is 3.85. The van der Waals surface area contributed by atoms with E-state index >= 15 is 0 Å². The van der Waals surface area contributed by atoms with Crippen LogP contribution >= 0.6 is 23.2 Å². The van der Waals surface area contributed by atoms with Crippen LogP contribution in [-0.2, 0) is 0 Å². The lowest BCUT2D eigenvalue weighted by Gasteiger charge is -2.12. The summed E-state index contributed by atoms with van der Waals surface area (Å²) in [6.45, 7) is 3.98. The second-order valence-electron chi connectivity index (χ2n) is 3.79. The van der Waals surface area contributed by atoms with Crippen LogP contribution in [0.4, 0.5) is 0 Å². The molecule has 94 valence electrons. The van der Waals surface area contributed by atoms with E-state index in [1.54, 1.807) is 7.11 Å². The van der Waals surface area contributed by atoms with Gasteiger partial charge in [-0.2, -0.15) is 15.0 Å². The molecule has 0 spiro atoms. The Morgan fingerprint density at radius 1 is 1.00 bits per heavy atom. The van der Waals surface area contributed by atoms with E-state index in [9.17, 15) is 0 Å². The zero-order valence-corrected chi connectivity index (χ0v) is 11.7. The van der Waals surface area contributed by atoms with Gasteiger partial charge >= 0.3 is 0 Å². The van der Waals surface area contributed by atoms with E-state index in [-0.39, 0.29) is 10.6 Å². The van der Waals surface area contributed by atoms with Crippen molar-refractivity contribution in [2.45, 2.75) is 13.8 Å². The van der Waals surface area contributed by atoms with Crippen LogP contribution in [-0.4, -0.2) is 22.1 Å². The lowest BCUT2D eigenvalue weighted by atomic mass is 10.0. The Morgan fingerprint density at radius 2 is 1.61 bits per heavy atom. The predicted molar refractivity (Wildman–Crippen MR) is 71.3 cm³/mol. The molecule has 0 aliphatic rings. The van der Waals surface area contributed by atoms with Crippen LogP contribution in [0.5, 0.6) is 5.75 Å². The van der Waals surface area contributed by atoms with E-state index in [4.69, 9.17) is 27.9 Å². The van der Waals surface area contributed by atoms with Gasteiger partial charge in [-0.25, -0.2) is 0 Å². The highest BCUT2D eigenvalue weighted by atomic mass is 35.5. The molecular weight excluding hydrogens is 273 g/mol. The third-order valence-electron chi connectivity index (χ3n) is 2.70. The SMILES string of the molecule is COc1c(-c2nc(Cl)nc(Cl)n2)ccc(C)c1C. The largest absolute Gasteiger partial charge is 0.496 e. The van der Waals surface area contributed by atoms with Gasteiger partial charge in [0.1, 0.15) is 5.75 Å². The van der Waals surface area contributed by atoms with E-state index in [2.05, 4.69) is 15.0 Å². The first-order chi connectivity index (χ1) is 8.52. The van der Waals surface area contributed by atoms with Crippen LogP contribution in [0.25, 0.3) is 11.4 Å². The second-order valence-corrected chi connectivity index (χ2v) is 4.46. The molecule has 0 unspecified atom stereocenters. The zero-order valence-electron chi connectivity index (χ0n) is 10.2. The van der Waals surface area contributed by atoms with Crippen molar-refractivity contribution in [1.82, 2.24) is 15.0 Å². The summed E-state index contributed by atoms with van der Waals surface area (Å²) in [7, 11) is 1.61. The molecule has 0 amide bonds. The van der Waals surface area contributed by atoms with Gasteiger partial charge in [-0.3, -0.25) is 0 Å². The molecule has 0 fully saturated rings. The minimum Gasteiger partial charge on any atom is -0.496 e. The van der Waals surface area contributed by atoms with Crippen molar-refractivity contribution in [3.05, 3.63) is 33.8 Å². The molecule has 1 aromatic carbocycles. The fraction of sp³-hybridized carbons (Fsp3) is 0.250. The molecular formula is C12H11Cl2N3O. The monoisotopic (exact) mass is 283 g/mol. The van der Waals surface area contributed by atoms with Crippen LogP contribution < -0.4 is 4.74 Å². The summed E-state index contributed by atoms with van der Waals surface area (Å²) in [4.78, 5) is 11.8. The number of hydrogen-bond donors (Lipinski definition) is 0. The van der Waals surface area contributed by atoms with Gasteiger partial charge in [0.2, 0.25) is 10.6 Å². The normalized spacial score (nSPS) is 10.5. The van der Waals surface area contributed by atoms with Crippen LogP contribution in [0.15, 0.2) is 12.1 Å². The number of nitrogens with zero attached hydrogens (tertiary/aromatic N) is 3. The molecule has 0 radical (unpaired) electrons. The Kier molecular flexibility index (Phi) is 3.68. The van der Waals surface area contributed by atoms with Gasteiger partial charge in [-0.1, -0.05) is 6.07 Å². The van der Waals surface area contributed by atoms with Crippen molar-refractivity contribution in [1.29, 1.82) is 0 Å². The van der Waals surface area contributed by atoms with Gasteiger partial charge in [0.25, 0.3) is 0 Å². The number of aromatic nitrogens is 3. The molecule has 0 bridgehead atoms. The van der Waals surface area contributed by atoms with Crippen molar-refractivity contribution in [2.24, 2.45) is 0 Å². The van der Waals surface area contributed by atoms with Crippen molar-refractivity contribution < 1.29 is 4.74 Å². The van der Waals surface area contributed by atoms with Crippen LogP contribution in [0.3, 0.4) is 0 Å². The van der Waals surface area contributed by atoms with Gasteiger partial charge in [0, 0.05) is 0 Å². The standard InChI is InChI=1S/C12H11Cl2N3O/c1-6-4-5-8(9(18-3)7(6)2)10-15-11(13)17-12(14)16-10/h4-5H,1-3H3. The summed E-state index contributed by atoms with van der Waals surface area (Å²) in [5.41, 5.74) is 2.90. The van der Waals surface area contributed by atoms with E-state index in [0.29, 0.717) is 11.6 Å². The average molecular weight is 284 g/mol. The fourth-order valence-electron chi connectivity index (χ4n) is 1.68. The van der Waals surface area contributed by atoms with Crippen LogP contribution in [0.2, 0.25) is 10.6 Å². The Labute approximate surface area is 115 Å². The van der Waals surface area contributed by atoms with Crippen molar-refractivity contribution in [2.75, 3.05) is 7.11 Å². The number of rotatable bonds is 2. The number of aryl methyl sites for hydroxylation is 1. The van der Waals surface area contributed by atoms with Gasteiger partial charge in [-0.15, -0.1) is 0 Å². The first kappa shape index (κ1) is 13.1. The summed E-state index contributed by atoms with van der Waals surface area (Å²) >= 11 is 11.6. The van der Waals surface area contributed by atoms with E-state index in [1.807, 2.05) is 26.0 Å². The summed E-state index contributed by atoms with van der Waals surface area (Å²) in [6.07, 6.45) is 0. The lowest BCUT2D eigenvalue weighted by molar-refractivity contribution is 0.412. The predicted octanol–water partition coefficient (Wildman–Crippen LogP) is 3.47. The number of ether oxygens (including phenoxy) is 1. The van der Waals surface area contributed by atoms with Gasteiger partial charge in [0.15, 0.2) is 5.82 Å². The molecule has 0 atom stereocenters. The summed E-state index contributed by atoms with van der Waals surface area (Å²) in [5.74, 6) is 1.12. The van der Waals surface area contributed by atoms with E-state index in [0.717, 1.165) is 16.7 Å². The Morgan fingerprint density at radius 3 is 2.17 bits per heavy atom. The topological polar surface area (TPSA) is 47.9 Å². The maximum atomic E-state index is 5.78. The Hall–Kier alpha value is -1.39. The Balaban J connectivity index is 2.67. The maximum Gasteiger partial charge on any atom is 0.227 e. The van der Waals surface area contributed by atoms with Crippen LogP contribution in [0, 0.1) is 13.8 Å². The molecule has 0 aliphatic heterocycles. The number of methoxy groups -OCH3 is 1. The highest BCUT2D eigenvalue weighted by molar-refractivity contribution is 6.31. The molecule has 18 heavy (non-hydrogen) atoms. The smallest absolute Gasteiger partial charge is 0.227 e. The molecule has 0 saturated heterocycles. The van der Waals surface area contributed by atoms with Crippen LogP contribution in [0.1, 0.15) is 11.1 Å². The maximum absolute atomic E-state index is 5.78. The number of hydrogen-bond acceptors (Lipinski definition) is 4. The van der Waals surface area contributed by atoms with Crippen molar-refractivity contribution >= 4 is 23.2 Å². The summed E-state index contributed by atoms with van der Waals surface area (Å²) in [5, 5.41) is 0.121. The molecule has 1 aromatic heterocycles. The third kappa shape index (κ3) is 2.40. The molecule has 2 aromatic rings. The zero-order chi connectivity index (χ0) is 13.3. The first-order valence-electron chi connectivity index (χ1n) is 5.24. The molecule has 4 nitrogen and oxygen atoms in total. The minimum atomic E-state index is 0.0604. The van der Waals surface area contributed by atoms with Gasteiger partial charge in [0.05, 0.1) is 12.7 Å². The van der Waals surface area contributed by atoms with Crippen molar-refractivity contribution in [3.63, 3.8) is 0 Å². The second kappa shape index (κ2) is 5.08. The molecule has 2 rings (SSSR count). The minimum absolute atomic E-state index is 0.0604. The third-order valence-corrected chi connectivity index (χ3v) is 3.04. The Bertz CT molecular complexity index is 582. The van der Waals surface area contributed by atoms with Crippen molar-refractivity contribution in [3.8, 4) is 17.1 Å². The molecule has 0 aliphatic carbocycles. The van der Waals surface area contributed by atoms with E-state index in [1.165, 1.54) is 0 Å². The highest BCUT2D eigenvalue weighted by Crippen LogP contribution is 2.33. The quantitative estimate of drug-likeness (QED) is 0.847. The van der Waals surface area contributed by atoms with E-state index < -0.39 is 0 Å². The fourth-order valence-corrected chi connectivity index (χ4v) is 2.04. The lowest BCUT2D eigenvalue weighted by Crippen LogP contribution is -1.98. The van der Waals surface area contributed by atoms with Gasteiger partial charge < -0.3 is 4.74 Å².